The van der Waals surface area contributed by atoms with Gasteiger partial charge in [-0.25, -0.2) is 9.67 Å². The van der Waals surface area contributed by atoms with Crippen LogP contribution >= 0.6 is 8.25 Å². The molecule has 0 amide bonds. The molecule has 0 radical (unpaired) electrons. The van der Waals surface area contributed by atoms with Gasteiger partial charge in [-0.2, -0.15) is 5.10 Å². The van der Waals surface area contributed by atoms with E-state index in [0.29, 0.717) is 0 Å². The Bertz CT molecular complexity index is 271. The molecule has 1 atom stereocenters. The van der Waals surface area contributed by atoms with Crippen LogP contribution in [0, 0.1) is 0 Å². The Morgan fingerprint density at radius 3 is 3.17 bits per heavy atom. The van der Waals surface area contributed by atoms with Gasteiger partial charge in [-0.05, 0) is 6.08 Å². The van der Waals surface area contributed by atoms with Crippen LogP contribution in [-0.4, -0.2) is 26.3 Å². The molecule has 1 aromatic heterocycles. The molecule has 0 fully saturated rings. The summed E-state index contributed by atoms with van der Waals surface area (Å²) in [6.07, 6.45) is 6.03. The average molecular weight is 189 g/mol. The van der Waals surface area contributed by atoms with Crippen LogP contribution in [0.1, 0.15) is 0 Å². The molecular weight excluding hydrogens is 181 g/mol. The Labute approximate surface area is 69.4 Å². The number of nitrogens with zero attached hydrogens (tertiary/aromatic N) is 3. The molecule has 0 aliphatic rings. The molecule has 1 rings (SSSR count). The van der Waals surface area contributed by atoms with Gasteiger partial charge in [0, 0.05) is 6.20 Å². The summed E-state index contributed by atoms with van der Waals surface area (Å²) in [6.45, 7) is 0.0914. The molecule has 12 heavy (non-hydrogen) atoms. The number of hydrogen-bond donors (Lipinski definition) is 1. The molecule has 1 heterocycles. The monoisotopic (exact) mass is 189 g/mol. The third-order valence-corrected chi connectivity index (χ3v) is 1.41. The third-order valence-electron chi connectivity index (χ3n) is 0.998. The van der Waals surface area contributed by atoms with Gasteiger partial charge < -0.3 is 9.42 Å². The highest BCUT2D eigenvalue weighted by Gasteiger charge is 1.86. The molecule has 7 heteroatoms. The lowest BCUT2D eigenvalue weighted by Gasteiger charge is -1.91. The van der Waals surface area contributed by atoms with Crippen molar-refractivity contribution in [2.75, 3.05) is 6.61 Å². The predicted octanol–water partition coefficient (Wildman–Crippen LogP) is 0.147. The highest BCUT2D eigenvalue weighted by molar-refractivity contribution is 7.32. The molecule has 1 N–H and O–H groups in total. The van der Waals surface area contributed by atoms with Crippen molar-refractivity contribution in [1.29, 1.82) is 0 Å². The second-order valence-electron chi connectivity index (χ2n) is 1.84. The maximum Gasteiger partial charge on any atom is 0.316 e. The van der Waals surface area contributed by atoms with E-state index < -0.39 is 8.25 Å². The predicted molar refractivity (Wildman–Crippen MR) is 42.5 cm³/mol. The highest BCUT2D eigenvalue weighted by atomic mass is 31.1. The van der Waals surface area contributed by atoms with E-state index in [-0.39, 0.29) is 6.61 Å². The van der Waals surface area contributed by atoms with Crippen LogP contribution < -0.4 is 0 Å². The molecule has 66 valence electrons. The molecule has 0 bridgehead atoms. The number of aromatic nitrogens is 3. The average Bonchev–Trinajstić information content (AvgIpc) is 2.49. The third kappa shape index (κ3) is 3.43. The van der Waals surface area contributed by atoms with Crippen LogP contribution in [-0.2, 0) is 9.09 Å². The van der Waals surface area contributed by atoms with Gasteiger partial charge in [-0.1, -0.05) is 0 Å². The van der Waals surface area contributed by atoms with Gasteiger partial charge in [-0.15, -0.1) is 0 Å². The summed E-state index contributed by atoms with van der Waals surface area (Å²) in [5.74, 6) is 0. The lowest BCUT2D eigenvalue weighted by molar-refractivity contribution is 0.313. The van der Waals surface area contributed by atoms with Crippen molar-refractivity contribution in [3.63, 3.8) is 0 Å². The summed E-state index contributed by atoms with van der Waals surface area (Å²) in [4.78, 5) is 12.0. The highest BCUT2D eigenvalue weighted by Crippen LogP contribution is 2.13. The zero-order valence-corrected chi connectivity index (χ0v) is 7.12. The summed E-state index contributed by atoms with van der Waals surface area (Å²) < 4.78 is 15.9. The summed E-state index contributed by atoms with van der Waals surface area (Å²) in [5, 5.41) is 3.76. The van der Waals surface area contributed by atoms with Gasteiger partial charge in [0.25, 0.3) is 0 Å². The van der Waals surface area contributed by atoms with Crippen LogP contribution in [0.4, 0.5) is 0 Å². The van der Waals surface area contributed by atoms with Crippen LogP contribution in [0.3, 0.4) is 0 Å². The van der Waals surface area contributed by atoms with E-state index in [1.165, 1.54) is 17.3 Å². The molecule has 0 aliphatic heterocycles. The molecular formula is C5H8N3O3P. The summed E-state index contributed by atoms with van der Waals surface area (Å²) in [7, 11) is -2.82. The van der Waals surface area contributed by atoms with Gasteiger partial charge in [-0.3, -0.25) is 4.57 Å². The smallest absolute Gasteiger partial charge is 0.316 e. The van der Waals surface area contributed by atoms with Gasteiger partial charge in [0.05, 0.1) is 6.61 Å². The normalized spacial score (nSPS) is 13.8. The summed E-state index contributed by atoms with van der Waals surface area (Å²) >= 11 is 0. The molecule has 1 unspecified atom stereocenters. The Balaban J connectivity index is 2.27. The SMILES string of the molecule is O=[PH](O)OCC=Cn1cncn1. The van der Waals surface area contributed by atoms with E-state index in [0.717, 1.165) is 0 Å². The first-order valence-electron chi connectivity index (χ1n) is 3.15. The quantitative estimate of drug-likeness (QED) is 0.682. The number of rotatable bonds is 4. The van der Waals surface area contributed by atoms with E-state index in [9.17, 15) is 4.57 Å². The standard InChI is InChI=1S/C5H8N3O3P/c9-12(10)11-3-1-2-8-5-6-4-7-8/h1-2,4-5,12H,3H2,(H,9,10). The second kappa shape index (κ2) is 4.82. The Hall–Kier alpha value is -0.970. The lowest BCUT2D eigenvalue weighted by atomic mass is 10.6. The molecule has 6 nitrogen and oxygen atoms in total. The maximum atomic E-state index is 10.1. The zero-order chi connectivity index (χ0) is 8.81. The first-order chi connectivity index (χ1) is 5.79. The van der Waals surface area contributed by atoms with Crippen molar-refractivity contribution in [3.8, 4) is 0 Å². The fraction of sp³-hybridized carbons (Fsp3) is 0.200. The van der Waals surface area contributed by atoms with E-state index in [4.69, 9.17) is 4.89 Å². The minimum absolute atomic E-state index is 0.0914. The van der Waals surface area contributed by atoms with Crippen molar-refractivity contribution in [3.05, 3.63) is 18.7 Å². The van der Waals surface area contributed by atoms with Crippen LogP contribution in [0.5, 0.6) is 0 Å². The zero-order valence-electron chi connectivity index (χ0n) is 6.12. The maximum absolute atomic E-state index is 10.1. The minimum atomic E-state index is -2.82. The summed E-state index contributed by atoms with van der Waals surface area (Å²) in [6, 6.07) is 0. The number of hydrogen-bond acceptors (Lipinski definition) is 4. The lowest BCUT2D eigenvalue weighted by Crippen LogP contribution is -1.86. The fourth-order valence-corrected chi connectivity index (χ4v) is 0.804. The minimum Gasteiger partial charge on any atom is -0.326 e. The molecule has 0 saturated heterocycles. The Kier molecular flexibility index (Phi) is 3.66. The van der Waals surface area contributed by atoms with Gasteiger partial charge in [0.2, 0.25) is 0 Å². The van der Waals surface area contributed by atoms with E-state index in [1.807, 2.05) is 0 Å². The van der Waals surface area contributed by atoms with Crippen LogP contribution in [0.2, 0.25) is 0 Å². The topological polar surface area (TPSA) is 77.2 Å². The van der Waals surface area contributed by atoms with Gasteiger partial charge in [0.15, 0.2) is 0 Å². The van der Waals surface area contributed by atoms with Gasteiger partial charge in [0.1, 0.15) is 12.7 Å². The first kappa shape index (κ1) is 9.12. The van der Waals surface area contributed by atoms with Crippen molar-refractivity contribution in [2.24, 2.45) is 0 Å². The van der Waals surface area contributed by atoms with E-state index in [1.54, 1.807) is 12.3 Å². The Morgan fingerprint density at radius 1 is 1.75 bits per heavy atom. The van der Waals surface area contributed by atoms with Crippen molar-refractivity contribution < 1.29 is 14.0 Å². The van der Waals surface area contributed by atoms with Gasteiger partial charge >= 0.3 is 8.25 Å². The molecule has 0 aromatic carbocycles. The molecule has 1 aromatic rings. The van der Waals surface area contributed by atoms with Crippen molar-refractivity contribution in [2.45, 2.75) is 0 Å². The van der Waals surface area contributed by atoms with Crippen molar-refractivity contribution in [1.82, 2.24) is 14.8 Å². The van der Waals surface area contributed by atoms with Crippen LogP contribution in [0.25, 0.3) is 6.20 Å². The first-order valence-corrected chi connectivity index (χ1v) is 4.42. The van der Waals surface area contributed by atoms with E-state index in [2.05, 4.69) is 14.6 Å². The van der Waals surface area contributed by atoms with Crippen molar-refractivity contribution >= 4 is 14.5 Å². The molecule has 0 saturated carbocycles. The second-order valence-corrected chi connectivity index (χ2v) is 2.66. The molecule has 0 spiro atoms. The van der Waals surface area contributed by atoms with E-state index >= 15 is 0 Å². The fourth-order valence-electron chi connectivity index (χ4n) is 0.565. The molecule has 0 aliphatic carbocycles. The van der Waals surface area contributed by atoms with Crippen LogP contribution in [0.15, 0.2) is 18.7 Å². The Morgan fingerprint density at radius 2 is 2.58 bits per heavy atom. The largest absolute Gasteiger partial charge is 0.326 e. The summed E-state index contributed by atoms with van der Waals surface area (Å²) in [5.41, 5.74) is 0.